The highest BCUT2D eigenvalue weighted by atomic mass is 16.6. The van der Waals surface area contributed by atoms with Crippen molar-refractivity contribution in [1.82, 2.24) is 21.3 Å². The van der Waals surface area contributed by atoms with E-state index in [0.29, 0.717) is 0 Å². The Morgan fingerprint density at radius 1 is 0.732 bits per heavy atom. The van der Waals surface area contributed by atoms with Crippen molar-refractivity contribution in [1.29, 1.82) is 0 Å². The molecule has 0 aliphatic heterocycles. The van der Waals surface area contributed by atoms with Crippen LogP contribution < -0.4 is 21.3 Å². The fourth-order valence-corrected chi connectivity index (χ4v) is 4.38. The molecule has 0 spiro atoms. The Balaban J connectivity index is 1.43. The Morgan fingerprint density at radius 2 is 1.20 bits per heavy atom. The summed E-state index contributed by atoms with van der Waals surface area (Å²) in [7, 11) is 0. The average Bonchev–Trinajstić information content (AvgIpc) is 3.23. The van der Waals surface area contributed by atoms with Gasteiger partial charge in [0.25, 0.3) is 0 Å². The minimum atomic E-state index is -1.00. The summed E-state index contributed by atoms with van der Waals surface area (Å²) < 4.78 is 10.6. The van der Waals surface area contributed by atoms with Gasteiger partial charge in [0.2, 0.25) is 17.7 Å². The first-order valence-electron chi connectivity index (χ1n) is 13.5. The molecule has 4 N–H and O–H groups in total. The predicted molar refractivity (Wildman–Crippen MR) is 152 cm³/mol. The van der Waals surface area contributed by atoms with Gasteiger partial charge in [0.15, 0.2) is 0 Å². The molecule has 41 heavy (non-hydrogen) atoms. The first-order chi connectivity index (χ1) is 19.3. The van der Waals surface area contributed by atoms with E-state index in [9.17, 15) is 24.0 Å². The van der Waals surface area contributed by atoms with E-state index in [2.05, 4.69) is 21.3 Å². The smallest absolute Gasteiger partial charge is 0.407 e. The van der Waals surface area contributed by atoms with E-state index in [1.54, 1.807) is 20.8 Å². The average molecular weight is 567 g/mol. The number of amides is 4. The first kappa shape index (κ1) is 31.1. The molecule has 0 unspecified atom stereocenters. The minimum absolute atomic E-state index is 0.0981. The number of alkyl carbamates (subject to hydrolysis) is 1. The summed E-state index contributed by atoms with van der Waals surface area (Å²) in [6, 6.07) is 12.9. The number of ether oxygens (including phenoxy) is 2. The zero-order chi connectivity index (χ0) is 30.3. The van der Waals surface area contributed by atoms with Crippen molar-refractivity contribution in [3.8, 4) is 11.1 Å². The summed E-state index contributed by atoms with van der Waals surface area (Å²) in [6.07, 6.45) is -0.762. The zero-order valence-corrected chi connectivity index (χ0v) is 24.2. The van der Waals surface area contributed by atoms with Crippen molar-refractivity contribution >= 4 is 29.8 Å². The van der Waals surface area contributed by atoms with Crippen LogP contribution in [-0.4, -0.2) is 66.7 Å². The SMILES string of the molecule is C[C@H](NC(=O)OCC1c2ccccc2-c2ccccc21)C(=O)N[C@@H](C)C(=O)N[C@@H](C)C(=O)NCC(=O)OC(C)(C)C. The molecule has 0 saturated heterocycles. The summed E-state index contributed by atoms with van der Waals surface area (Å²) in [6.45, 7) is 9.23. The number of benzene rings is 2. The van der Waals surface area contributed by atoms with Gasteiger partial charge in [-0.2, -0.15) is 0 Å². The van der Waals surface area contributed by atoms with Gasteiger partial charge in [-0.05, 0) is 63.8 Å². The van der Waals surface area contributed by atoms with Gasteiger partial charge in [-0.15, -0.1) is 0 Å². The molecule has 0 heterocycles. The van der Waals surface area contributed by atoms with E-state index in [0.717, 1.165) is 22.3 Å². The van der Waals surface area contributed by atoms with Gasteiger partial charge in [0.1, 0.15) is 36.9 Å². The third-order valence-corrected chi connectivity index (χ3v) is 6.40. The van der Waals surface area contributed by atoms with Crippen LogP contribution in [0.5, 0.6) is 0 Å². The van der Waals surface area contributed by atoms with Crippen molar-refractivity contribution in [3.63, 3.8) is 0 Å². The maximum absolute atomic E-state index is 12.6. The molecule has 0 bridgehead atoms. The second-order valence-electron chi connectivity index (χ2n) is 11.0. The lowest BCUT2D eigenvalue weighted by atomic mass is 9.98. The van der Waals surface area contributed by atoms with Gasteiger partial charge in [0.05, 0.1) is 0 Å². The van der Waals surface area contributed by atoms with Gasteiger partial charge in [0, 0.05) is 5.92 Å². The summed E-state index contributed by atoms with van der Waals surface area (Å²) in [4.78, 5) is 61.6. The van der Waals surface area contributed by atoms with Crippen molar-refractivity contribution in [2.45, 2.75) is 71.2 Å². The second kappa shape index (κ2) is 13.3. The van der Waals surface area contributed by atoms with Crippen LogP contribution in [0.3, 0.4) is 0 Å². The van der Waals surface area contributed by atoms with E-state index in [1.165, 1.54) is 20.8 Å². The third-order valence-electron chi connectivity index (χ3n) is 6.40. The molecule has 11 heteroatoms. The quantitative estimate of drug-likeness (QED) is 0.322. The lowest BCUT2D eigenvalue weighted by Crippen LogP contribution is -2.55. The molecule has 11 nitrogen and oxygen atoms in total. The molecule has 0 radical (unpaired) electrons. The van der Waals surface area contributed by atoms with Crippen molar-refractivity contribution in [2.75, 3.05) is 13.2 Å². The largest absolute Gasteiger partial charge is 0.459 e. The maximum atomic E-state index is 12.6. The van der Waals surface area contributed by atoms with Crippen LogP contribution in [0.4, 0.5) is 4.79 Å². The molecular weight excluding hydrogens is 528 g/mol. The summed E-state index contributed by atoms with van der Waals surface area (Å²) >= 11 is 0. The van der Waals surface area contributed by atoms with Crippen molar-refractivity contribution in [3.05, 3.63) is 59.7 Å². The lowest BCUT2D eigenvalue weighted by Gasteiger charge is -2.21. The highest BCUT2D eigenvalue weighted by Gasteiger charge is 2.30. The number of hydrogen-bond acceptors (Lipinski definition) is 7. The van der Waals surface area contributed by atoms with Gasteiger partial charge in [-0.1, -0.05) is 48.5 Å². The van der Waals surface area contributed by atoms with Gasteiger partial charge in [-0.3, -0.25) is 19.2 Å². The van der Waals surface area contributed by atoms with Gasteiger partial charge in [-0.25, -0.2) is 4.79 Å². The molecule has 3 rings (SSSR count). The molecule has 2 aromatic rings. The number of fused-ring (bicyclic) bond motifs is 3. The summed E-state index contributed by atoms with van der Waals surface area (Å²) in [5.74, 6) is -2.55. The number of carbonyl (C=O) groups excluding carboxylic acids is 5. The van der Waals surface area contributed by atoms with Crippen LogP contribution in [0, 0.1) is 0 Å². The standard InChI is InChI=1S/C30H38N4O7/c1-17(26(36)31-15-25(35)41-30(4,5)6)32-27(37)18(2)33-28(38)19(3)34-29(39)40-16-24-22-13-9-7-11-20(22)21-12-8-10-14-23(21)24/h7-14,17-19,24H,15-16H2,1-6H3,(H,31,36)(H,32,37)(H,33,38)(H,34,39)/t17-,18-,19-/m0/s1. The maximum Gasteiger partial charge on any atom is 0.407 e. The predicted octanol–water partition coefficient (Wildman–Crippen LogP) is 2.38. The fraction of sp³-hybridized carbons (Fsp3) is 0.433. The second-order valence-corrected chi connectivity index (χ2v) is 11.0. The molecule has 3 atom stereocenters. The molecular formula is C30H38N4O7. The number of hydrogen-bond donors (Lipinski definition) is 4. The van der Waals surface area contributed by atoms with Gasteiger partial charge < -0.3 is 30.7 Å². The third kappa shape index (κ3) is 8.54. The number of carbonyl (C=O) groups is 5. The fourth-order valence-electron chi connectivity index (χ4n) is 4.38. The van der Waals surface area contributed by atoms with Crippen LogP contribution in [0.2, 0.25) is 0 Å². The van der Waals surface area contributed by atoms with Gasteiger partial charge >= 0.3 is 12.1 Å². The first-order valence-corrected chi connectivity index (χ1v) is 13.5. The number of rotatable bonds is 10. The topological polar surface area (TPSA) is 152 Å². The van der Waals surface area contributed by atoms with Crippen molar-refractivity contribution < 1.29 is 33.4 Å². The number of esters is 1. The summed E-state index contributed by atoms with van der Waals surface area (Å²) in [5, 5.41) is 9.86. The molecule has 220 valence electrons. The molecule has 0 fully saturated rings. The van der Waals surface area contributed by atoms with E-state index in [4.69, 9.17) is 9.47 Å². The Morgan fingerprint density at radius 3 is 1.71 bits per heavy atom. The van der Waals surface area contributed by atoms with Crippen LogP contribution in [-0.2, 0) is 28.7 Å². The lowest BCUT2D eigenvalue weighted by molar-refractivity contribution is -0.154. The normalized spacial score (nSPS) is 14.4. The molecule has 1 aliphatic rings. The molecule has 0 aromatic heterocycles. The Hall–Kier alpha value is -4.41. The number of nitrogens with one attached hydrogen (secondary N) is 4. The van der Waals surface area contributed by atoms with E-state index in [-0.39, 0.29) is 19.1 Å². The highest BCUT2D eigenvalue weighted by Crippen LogP contribution is 2.44. The highest BCUT2D eigenvalue weighted by molar-refractivity contribution is 5.94. The minimum Gasteiger partial charge on any atom is -0.459 e. The van der Waals surface area contributed by atoms with E-state index >= 15 is 0 Å². The Bertz CT molecular complexity index is 1260. The van der Waals surface area contributed by atoms with Crippen LogP contribution >= 0.6 is 0 Å². The Kier molecular flexibility index (Phi) is 10.1. The summed E-state index contributed by atoms with van der Waals surface area (Å²) in [5.41, 5.74) is 3.66. The van der Waals surface area contributed by atoms with Crippen molar-refractivity contribution in [2.24, 2.45) is 0 Å². The monoisotopic (exact) mass is 566 g/mol. The zero-order valence-electron chi connectivity index (χ0n) is 24.2. The molecule has 1 aliphatic carbocycles. The molecule has 2 aromatic carbocycles. The van der Waals surface area contributed by atoms with Crippen LogP contribution in [0.15, 0.2) is 48.5 Å². The van der Waals surface area contributed by atoms with E-state index < -0.39 is 53.5 Å². The Labute approximate surface area is 239 Å². The van der Waals surface area contributed by atoms with E-state index in [1.807, 2.05) is 48.5 Å². The molecule has 4 amide bonds. The van der Waals surface area contributed by atoms with Crippen LogP contribution in [0.1, 0.15) is 58.6 Å². The molecule has 0 saturated carbocycles. The van der Waals surface area contributed by atoms with Crippen LogP contribution in [0.25, 0.3) is 11.1 Å².